The van der Waals surface area contributed by atoms with E-state index < -0.39 is 0 Å². The number of aromatic nitrogens is 2. The molecule has 2 aromatic heterocycles. The SMILES string of the molecule is NCCCc1nc(-c2cscn2)cs1. The van der Waals surface area contributed by atoms with Crippen molar-refractivity contribution >= 4 is 22.7 Å². The Balaban J connectivity index is 2.10. The number of rotatable bonds is 4. The summed E-state index contributed by atoms with van der Waals surface area (Å²) in [6.45, 7) is 0.728. The largest absolute Gasteiger partial charge is 0.330 e. The molecule has 0 spiro atoms. The number of hydrogen-bond donors (Lipinski definition) is 1. The predicted octanol–water partition coefficient (Wildman–Crippen LogP) is 2.16. The number of nitrogens with zero attached hydrogens (tertiary/aromatic N) is 2. The number of nitrogens with two attached hydrogens (primary N) is 1. The van der Waals surface area contributed by atoms with Gasteiger partial charge in [0.05, 0.1) is 10.5 Å². The van der Waals surface area contributed by atoms with Crippen molar-refractivity contribution in [2.45, 2.75) is 12.8 Å². The van der Waals surface area contributed by atoms with E-state index in [4.69, 9.17) is 5.73 Å². The zero-order chi connectivity index (χ0) is 9.80. The second kappa shape index (κ2) is 4.63. The van der Waals surface area contributed by atoms with Gasteiger partial charge < -0.3 is 5.73 Å². The molecule has 2 N–H and O–H groups in total. The van der Waals surface area contributed by atoms with E-state index in [0.29, 0.717) is 0 Å². The summed E-state index contributed by atoms with van der Waals surface area (Å²) in [4.78, 5) is 8.72. The lowest BCUT2D eigenvalue weighted by Crippen LogP contribution is -1.99. The van der Waals surface area contributed by atoms with Crippen LogP contribution >= 0.6 is 22.7 Å². The van der Waals surface area contributed by atoms with Gasteiger partial charge in [0.25, 0.3) is 0 Å². The van der Waals surface area contributed by atoms with Gasteiger partial charge in [-0.25, -0.2) is 9.97 Å². The van der Waals surface area contributed by atoms with E-state index in [1.807, 2.05) is 10.9 Å². The Morgan fingerprint density at radius 1 is 1.29 bits per heavy atom. The van der Waals surface area contributed by atoms with E-state index in [0.717, 1.165) is 35.8 Å². The number of hydrogen-bond acceptors (Lipinski definition) is 5. The standard InChI is InChI=1S/C9H11N3S2/c10-3-1-2-9-12-8(5-14-9)7-4-13-6-11-7/h4-6H,1-3,10H2. The van der Waals surface area contributed by atoms with Gasteiger partial charge >= 0.3 is 0 Å². The molecule has 0 aliphatic carbocycles. The van der Waals surface area contributed by atoms with Crippen LogP contribution in [0.5, 0.6) is 0 Å². The van der Waals surface area contributed by atoms with Crippen molar-refractivity contribution in [3.8, 4) is 11.4 Å². The summed E-state index contributed by atoms with van der Waals surface area (Å²) in [5, 5.41) is 5.22. The van der Waals surface area contributed by atoms with Crippen LogP contribution in [0.3, 0.4) is 0 Å². The fourth-order valence-electron chi connectivity index (χ4n) is 1.14. The average molecular weight is 225 g/mol. The van der Waals surface area contributed by atoms with E-state index in [9.17, 15) is 0 Å². The normalized spacial score (nSPS) is 10.6. The van der Waals surface area contributed by atoms with Gasteiger partial charge in [0, 0.05) is 17.2 Å². The van der Waals surface area contributed by atoms with Crippen molar-refractivity contribution in [2.75, 3.05) is 6.54 Å². The predicted molar refractivity (Wildman–Crippen MR) is 60.6 cm³/mol. The summed E-state index contributed by atoms with van der Waals surface area (Å²) in [7, 11) is 0. The van der Waals surface area contributed by atoms with Crippen LogP contribution in [-0.4, -0.2) is 16.5 Å². The van der Waals surface area contributed by atoms with Crippen molar-refractivity contribution in [3.63, 3.8) is 0 Å². The molecule has 0 aromatic carbocycles. The second-order valence-electron chi connectivity index (χ2n) is 2.89. The van der Waals surface area contributed by atoms with Gasteiger partial charge in [-0.05, 0) is 13.0 Å². The minimum absolute atomic E-state index is 0.728. The van der Waals surface area contributed by atoms with Crippen LogP contribution in [0.15, 0.2) is 16.3 Å². The Morgan fingerprint density at radius 2 is 2.21 bits per heavy atom. The first-order valence-electron chi connectivity index (χ1n) is 4.43. The van der Waals surface area contributed by atoms with Crippen molar-refractivity contribution in [3.05, 3.63) is 21.3 Å². The summed E-state index contributed by atoms with van der Waals surface area (Å²) in [5.41, 5.74) is 9.24. The molecule has 0 saturated carbocycles. The Morgan fingerprint density at radius 3 is 2.93 bits per heavy atom. The molecular formula is C9H11N3S2. The highest BCUT2D eigenvalue weighted by atomic mass is 32.1. The van der Waals surface area contributed by atoms with Crippen LogP contribution in [0.25, 0.3) is 11.4 Å². The molecule has 0 fully saturated rings. The third-order valence-corrected chi connectivity index (χ3v) is 3.34. The summed E-state index contributed by atoms with van der Waals surface area (Å²) < 4.78 is 0. The molecule has 2 rings (SSSR count). The Bertz CT molecular complexity index is 380. The molecular weight excluding hydrogens is 214 g/mol. The first-order valence-corrected chi connectivity index (χ1v) is 6.25. The van der Waals surface area contributed by atoms with Crippen LogP contribution in [-0.2, 0) is 6.42 Å². The summed E-state index contributed by atoms with van der Waals surface area (Å²) in [6.07, 6.45) is 1.98. The van der Waals surface area contributed by atoms with Crippen molar-refractivity contribution in [1.29, 1.82) is 0 Å². The maximum absolute atomic E-state index is 5.44. The maximum Gasteiger partial charge on any atom is 0.101 e. The highest BCUT2D eigenvalue weighted by Gasteiger charge is 2.05. The van der Waals surface area contributed by atoms with Gasteiger partial charge in [0.15, 0.2) is 0 Å². The van der Waals surface area contributed by atoms with Crippen molar-refractivity contribution in [2.24, 2.45) is 5.73 Å². The Hall–Kier alpha value is -0.780. The Kier molecular flexibility index (Phi) is 3.23. The lowest BCUT2D eigenvalue weighted by Gasteiger charge is -1.91. The molecule has 0 saturated heterocycles. The molecule has 0 radical (unpaired) electrons. The minimum Gasteiger partial charge on any atom is -0.330 e. The minimum atomic E-state index is 0.728. The average Bonchev–Trinajstić information content (AvgIpc) is 2.85. The summed E-state index contributed by atoms with van der Waals surface area (Å²) in [6, 6.07) is 0. The van der Waals surface area contributed by atoms with Gasteiger partial charge in [0.2, 0.25) is 0 Å². The van der Waals surface area contributed by atoms with Crippen LogP contribution < -0.4 is 5.73 Å². The van der Waals surface area contributed by atoms with E-state index in [1.54, 1.807) is 22.7 Å². The highest BCUT2D eigenvalue weighted by molar-refractivity contribution is 7.10. The molecule has 0 unspecified atom stereocenters. The van der Waals surface area contributed by atoms with Crippen LogP contribution in [0, 0.1) is 0 Å². The molecule has 2 heterocycles. The molecule has 74 valence electrons. The first-order chi connectivity index (χ1) is 6.90. The summed E-state index contributed by atoms with van der Waals surface area (Å²) >= 11 is 3.28. The number of aryl methyl sites for hydroxylation is 1. The second-order valence-corrected chi connectivity index (χ2v) is 4.55. The molecule has 0 atom stereocenters. The highest BCUT2D eigenvalue weighted by Crippen LogP contribution is 2.21. The van der Waals surface area contributed by atoms with Gasteiger partial charge in [-0.15, -0.1) is 22.7 Å². The Labute approximate surface area is 90.6 Å². The quantitative estimate of drug-likeness (QED) is 0.867. The van der Waals surface area contributed by atoms with E-state index in [-0.39, 0.29) is 0 Å². The molecule has 0 bridgehead atoms. The van der Waals surface area contributed by atoms with Crippen LogP contribution in [0.2, 0.25) is 0 Å². The van der Waals surface area contributed by atoms with Crippen LogP contribution in [0.1, 0.15) is 11.4 Å². The molecule has 2 aromatic rings. The zero-order valence-corrected chi connectivity index (χ0v) is 9.27. The van der Waals surface area contributed by atoms with Gasteiger partial charge in [-0.1, -0.05) is 0 Å². The molecule has 14 heavy (non-hydrogen) atoms. The third kappa shape index (κ3) is 2.17. The first kappa shape index (κ1) is 9.76. The molecule has 0 amide bonds. The van der Waals surface area contributed by atoms with Crippen molar-refractivity contribution in [1.82, 2.24) is 9.97 Å². The molecule has 0 aliphatic heterocycles. The summed E-state index contributed by atoms with van der Waals surface area (Å²) in [5.74, 6) is 0. The molecule has 5 heteroatoms. The topological polar surface area (TPSA) is 51.8 Å². The van der Waals surface area contributed by atoms with Crippen LogP contribution in [0.4, 0.5) is 0 Å². The van der Waals surface area contributed by atoms with Gasteiger partial charge in [-0.3, -0.25) is 0 Å². The number of thiazole rings is 2. The van der Waals surface area contributed by atoms with Crippen molar-refractivity contribution < 1.29 is 0 Å². The van der Waals surface area contributed by atoms with E-state index in [2.05, 4.69) is 15.3 Å². The lowest BCUT2D eigenvalue weighted by atomic mass is 10.3. The van der Waals surface area contributed by atoms with E-state index in [1.165, 1.54) is 0 Å². The molecule has 0 aliphatic rings. The maximum atomic E-state index is 5.44. The fourth-order valence-corrected chi connectivity index (χ4v) is 2.52. The smallest absolute Gasteiger partial charge is 0.101 e. The molecule has 3 nitrogen and oxygen atoms in total. The third-order valence-electron chi connectivity index (χ3n) is 1.84. The van der Waals surface area contributed by atoms with Gasteiger partial charge in [-0.2, -0.15) is 0 Å². The lowest BCUT2D eigenvalue weighted by molar-refractivity contribution is 0.826. The zero-order valence-electron chi connectivity index (χ0n) is 7.64. The van der Waals surface area contributed by atoms with E-state index >= 15 is 0 Å². The van der Waals surface area contributed by atoms with Gasteiger partial charge in [0.1, 0.15) is 11.4 Å². The monoisotopic (exact) mass is 225 g/mol. The fraction of sp³-hybridized carbons (Fsp3) is 0.333.